The van der Waals surface area contributed by atoms with E-state index in [1.807, 2.05) is 42.5 Å². The zero-order valence-corrected chi connectivity index (χ0v) is 19.6. The summed E-state index contributed by atoms with van der Waals surface area (Å²) < 4.78 is 27.7. The lowest BCUT2D eigenvalue weighted by molar-refractivity contribution is -0.116. The molecular formula is C27H22FN2O4P. The summed E-state index contributed by atoms with van der Waals surface area (Å²) in [4.78, 5) is 33.8. The number of anilines is 1. The van der Waals surface area contributed by atoms with Crippen LogP contribution >= 0.6 is 7.60 Å². The van der Waals surface area contributed by atoms with Gasteiger partial charge < -0.3 is 19.7 Å². The second-order valence-electron chi connectivity index (χ2n) is 8.48. The van der Waals surface area contributed by atoms with Gasteiger partial charge in [0.2, 0.25) is 5.91 Å². The molecule has 1 unspecified atom stereocenters. The Morgan fingerprint density at radius 1 is 0.914 bits per heavy atom. The Kier molecular flexibility index (Phi) is 5.77. The fraction of sp³-hybridized carbons (Fsp3) is 0.0741. The van der Waals surface area contributed by atoms with Crippen molar-refractivity contribution >= 4 is 40.9 Å². The topological polar surface area (TPSA) is 91.6 Å². The number of carbonyl (C=O) groups is 1. The van der Waals surface area contributed by atoms with Crippen molar-refractivity contribution in [3.8, 4) is 11.1 Å². The standard InChI is InChI=1S/C27H22FN2O4P/c1-30-16-24(23-15-20(9-13-25(23)30)18-6-10-21(28)11-7-18)26(35(32,33)34)27(31)29-22-12-8-17-4-2-3-5-19(17)14-22/h2-16,26H,1H3,(H,29,31)(H2,32,33,34). The molecule has 0 aliphatic rings. The van der Waals surface area contributed by atoms with E-state index in [2.05, 4.69) is 5.32 Å². The van der Waals surface area contributed by atoms with Gasteiger partial charge in [-0.2, -0.15) is 0 Å². The number of halogens is 1. The quantitative estimate of drug-likeness (QED) is 0.265. The molecule has 0 aliphatic carbocycles. The molecule has 1 amide bonds. The van der Waals surface area contributed by atoms with Crippen molar-refractivity contribution in [2.75, 3.05) is 5.32 Å². The van der Waals surface area contributed by atoms with Crippen LogP contribution < -0.4 is 5.32 Å². The minimum absolute atomic E-state index is 0.220. The van der Waals surface area contributed by atoms with Crippen molar-refractivity contribution in [3.05, 3.63) is 103 Å². The molecule has 4 aromatic carbocycles. The summed E-state index contributed by atoms with van der Waals surface area (Å²) in [5.74, 6) is -1.16. The Bertz CT molecular complexity index is 1620. The second-order valence-corrected chi connectivity index (χ2v) is 10.2. The summed E-state index contributed by atoms with van der Waals surface area (Å²) in [6.07, 6.45) is 1.57. The predicted octanol–water partition coefficient (Wildman–Crippen LogP) is 6.00. The molecule has 3 N–H and O–H groups in total. The summed E-state index contributed by atoms with van der Waals surface area (Å²) in [5.41, 5.74) is 1.15. The maximum Gasteiger partial charge on any atom is 0.342 e. The van der Waals surface area contributed by atoms with E-state index in [0.717, 1.165) is 21.9 Å². The first-order chi connectivity index (χ1) is 16.7. The molecule has 0 saturated heterocycles. The highest BCUT2D eigenvalue weighted by Crippen LogP contribution is 2.54. The van der Waals surface area contributed by atoms with Crippen molar-refractivity contribution in [2.24, 2.45) is 7.05 Å². The smallest absolute Gasteiger partial charge is 0.342 e. The number of hydrogen-bond acceptors (Lipinski definition) is 2. The first kappa shape index (κ1) is 23.0. The van der Waals surface area contributed by atoms with Gasteiger partial charge in [-0.3, -0.25) is 9.36 Å². The molecule has 8 heteroatoms. The fourth-order valence-electron chi connectivity index (χ4n) is 4.42. The summed E-state index contributed by atoms with van der Waals surface area (Å²) in [7, 11) is -3.15. The number of carbonyl (C=O) groups excluding carboxylic acids is 1. The third kappa shape index (κ3) is 4.49. The molecule has 35 heavy (non-hydrogen) atoms. The van der Waals surface area contributed by atoms with Crippen molar-refractivity contribution < 1.29 is 23.5 Å². The van der Waals surface area contributed by atoms with E-state index in [0.29, 0.717) is 16.6 Å². The maximum atomic E-state index is 13.4. The van der Waals surface area contributed by atoms with Crippen molar-refractivity contribution in [2.45, 2.75) is 5.66 Å². The summed E-state index contributed by atoms with van der Waals surface area (Å²) >= 11 is 0. The fourth-order valence-corrected chi connectivity index (χ4v) is 5.35. The average molecular weight is 488 g/mol. The number of nitrogens with zero attached hydrogens (tertiary/aromatic N) is 1. The number of aryl methyl sites for hydroxylation is 1. The van der Waals surface area contributed by atoms with Gasteiger partial charge in [0.25, 0.3) is 0 Å². The Balaban J connectivity index is 1.57. The number of benzene rings is 4. The number of rotatable bonds is 5. The summed E-state index contributed by atoms with van der Waals surface area (Å²) in [6.45, 7) is 0. The van der Waals surface area contributed by atoms with E-state index >= 15 is 0 Å². The molecule has 1 heterocycles. The molecular weight excluding hydrogens is 466 g/mol. The Morgan fingerprint density at radius 3 is 2.31 bits per heavy atom. The monoisotopic (exact) mass is 488 g/mol. The number of nitrogens with one attached hydrogen (secondary N) is 1. The zero-order valence-electron chi connectivity index (χ0n) is 18.7. The third-order valence-corrected chi connectivity index (χ3v) is 7.28. The summed E-state index contributed by atoms with van der Waals surface area (Å²) in [6, 6.07) is 24.3. The molecule has 0 spiro atoms. The maximum absolute atomic E-state index is 13.4. The van der Waals surface area contributed by atoms with E-state index in [1.54, 1.807) is 48.1 Å². The van der Waals surface area contributed by atoms with E-state index in [-0.39, 0.29) is 11.4 Å². The second kappa shape index (κ2) is 8.78. The molecule has 1 aromatic heterocycles. The molecule has 0 fully saturated rings. The van der Waals surface area contributed by atoms with Crippen LogP contribution in [0.1, 0.15) is 11.2 Å². The molecule has 0 radical (unpaired) electrons. The first-order valence-corrected chi connectivity index (χ1v) is 12.6. The van der Waals surface area contributed by atoms with Gasteiger partial charge in [0, 0.05) is 35.4 Å². The van der Waals surface area contributed by atoms with Crippen molar-refractivity contribution in [1.29, 1.82) is 0 Å². The molecule has 1 atom stereocenters. The highest BCUT2D eigenvalue weighted by atomic mass is 31.2. The van der Waals surface area contributed by atoms with Crippen LogP contribution in [-0.2, 0) is 16.4 Å². The number of aromatic nitrogens is 1. The van der Waals surface area contributed by atoms with Crippen molar-refractivity contribution in [3.63, 3.8) is 0 Å². The van der Waals surface area contributed by atoms with Gasteiger partial charge in [0.15, 0.2) is 5.66 Å². The molecule has 0 aliphatic heterocycles. The predicted molar refractivity (Wildman–Crippen MR) is 136 cm³/mol. The molecule has 5 aromatic rings. The van der Waals surface area contributed by atoms with Gasteiger partial charge >= 0.3 is 7.60 Å². The lowest BCUT2D eigenvalue weighted by Crippen LogP contribution is -2.21. The Labute approximate surface area is 200 Å². The van der Waals surface area contributed by atoms with Crippen LogP contribution in [0.15, 0.2) is 91.1 Å². The molecule has 0 saturated carbocycles. The van der Waals surface area contributed by atoms with E-state index in [1.165, 1.54) is 12.1 Å². The van der Waals surface area contributed by atoms with Gasteiger partial charge in [0.1, 0.15) is 5.82 Å². The highest BCUT2D eigenvalue weighted by molar-refractivity contribution is 7.53. The van der Waals surface area contributed by atoms with Crippen LogP contribution in [0, 0.1) is 5.82 Å². The Morgan fingerprint density at radius 2 is 1.60 bits per heavy atom. The normalized spacial score (nSPS) is 12.7. The van der Waals surface area contributed by atoms with Gasteiger partial charge in [-0.1, -0.05) is 48.5 Å². The average Bonchev–Trinajstić information content (AvgIpc) is 3.13. The highest BCUT2D eigenvalue weighted by Gasteiger charge is 2.39. The van der Waals surface area contributed by atoms with Crippen LogP contribution in [0.4, 0.5) is 10.1 Å². The van der Waals surface area contributed by atoms with E-state index < -0.39 is 19.2 Å². The third-order valence-electron chi connectivity index (χ3n) is 6.09. The first-order valence-electron chi connectivity index (χ1n) is 10.9. The van der Waals surface area contributed by atoms with Crippen LogP contribution in [0.2, 0.25) is 0 Å². The molecule has 176 valence electrons. The molecule has 5 rings (SSSR count). The van der Waals surface area contributed by atoms with Gasteiger partial charge in [0.05, 0.1) is 0 Å². The van der Waals surface area contributed by atoms with Gasteiger partial charge in [-0.05, 0) is 58.3 Å². The molecule has 0 bridgehead atoms. The van der Waals surface area contributed by atoms with Crippen LogP contribution in [0.5, 0.6) is 0 Å². The SMILES string of the molecule is Cn1cc(C(C(=O)Nc2ccc3ccccc3c2)P(=O)(O)O)c2cc(-c3ccc(F)cc3)ccc21. The molecule has 6 nitrogen and oxygen atoms in total. The summed E-state index contributed by atoms with van der Waals surface area (Å²) in [5, 5.41) is 5.10. The number of amides is 1. The Hall–Kier alpha value is -3.77. The number of hydrogen-bond donors (Lipinski definition) is 3. The van der Waals surface area contributed by atoms with Crippen LogP contribution in [0.25, 0.3) is 32.8 Å². The van der Waals surface area contributed by atoms with Crippen LogP contribution in [-0.4, -0.2) is 20.3 Å². The van der Waals surface area contributed by atoms with Crippen molar-refractivity contribution in [1.82, 2.24) is 4.57 Å². The minimum Gasteiger partial charge on any atom is -0.350 e. The lowest BCUT2D eigenvalue weighted by atomic mass is 10.0. The van der Waals surface area contributed by atoms with E-state index in [4.69, 9.17) is 0 Å². The minimum atomic E-state index is -4.90. The zero-order chi connectivity index (χ0) is 24.7. The largest absolute Gasteiger partial charge is 0.350 e. The lowest BCUT2D eigenvalue weighted by Gasteiger charge is -2.18. The van der Waals surface area contributed by atoms with Gasteiger partial charge in [-0.15, -0.1) is 0 Å². The van der Waals surface area contributed by atoms with E-state index in [9.17, 15) is 23.5 Å². The van der Waals surface area contributed by atoms with Gasteiger partial charge in [-0.25, -0.2) is 4.39 Å². The number of fused-ring (bicyclic) bond motifs is 2. The van der Waals surface area contributed by atoms with Crippen LogP contribution in [0.3, 0.4) is 0 Å².